The first-order valence-electron chi connectivity index (χ1n) is 8.23. The molecule has 0 aromatic carbocycles. The zero-order valence-corrected chi connectivity index (χ0v) is 15.5. The Hall–Kier alpha value is -2.18. The van der Waals surface area contributed by atoms with E-state index in [1.165, 1.54) is 0 Å². The van der Waals surface area contributed by atoms with Crippen LogP contribution in [0.4, 0.5) is 0 Å². The van der Waals surface area contributed by atoms with E-state index in [-0.39, 0.29) is 11.8 Å². The molecule has 6 heteroatoms. The van der Waals surface area contributed by atoms with Crippen molar-refractivity contribution >= 4 is 46.6 Å². The second-order valence-corrected chi connectivity index (χ2v) is 7.66. The summed E-state index contributed by atoms with van der Waals surface area (Å²) in [7, 11) is 0. The fourth-order valence-electron chi connectivity index (χ4n) is 2.65. The van der Waals surface area contributed by atoms with Crippen LogP contribution in [0.2, 0.25) is 0 Å². The molecule has 0 bridgehead atoms. The van der Waals surface area contributed by atoms with Crippen LogP contribution in [0.15, 0.2) is 47.2 Å². The van der Waals surface area contributed by atoms with Gasteiger partial charge in [-0.3, -0.25) is 9.59 Å². The van der Waals surface area contributed by atoms with E-state index in [1.807, 2.05) is 57.0 Å². The molecule has 25 heavy (non-hydrogen) atoms. The quantitative estimate of drug-likeness (QED) is 0.770. The van der Waals surface area contributed by atoms with Crippen molar-refractivity contribution in [2.24, 2.45) is 0 Å². The van der Waals surface area contributed by atoms with Crippen LogP contribution in [-0.2, 0) is 9.59 Å². The van der Waals surface area contributed by atoms with Gasteiger partial charge in [-0.1, -0.05) is 12.1 Å². The van der Waals surface area contributed by atoms with Crippen LogP contribution < -0.4 is 0 Å². The predicted molar refractivity (Wildman–Crippen MR) is 104 cm³/mol. The van der Waals surface area contributed by atoms with Gasteiger partial charge in [-0.2, -0.15) is 0 Å². The van der Waals surface area contributed by atoms with Gasteiger partial charge in [-0.05, 0) is 41.5 Å². The summed E-state index contributed by atoms with van der Waals surface area (Å²) in [6.45, 7) is 2.52. The lowest BCUT2D eigenvalue weighted by molar-refractivity contribution is -0.128. The minimum atomic E-state index is 0.0110. The highest BCUT2D eigenvalue weighted by Crippen LogP contribution is 2.13. The molecule has 1 aliphatic heterocycles. The van der Waals surface area contributed by atoms with Crippen molar-refractivity contribution in [3.05, 3.63) is 56.9 Å². The average Bonchev–Trinajstić information content (AvgIpc) is 3.27. The van der Waals surface area contributed by atoms with Gasteiger partial charge >= 0.3 is 0 Å². The number of rotatable bonds is 4. The summed E-state index contributed by atoms with van der Waals surface area (Å²) in [5, 5.41) is 3.98. The summed E-state index contributed by atoms with van der Waals surface area (Å²) in [6, 6.07) is 7.90. The van der Waals surface area contributed by atoms with Crippen molar-refractivity contribution in [2.75, 3.05) is 26.2 Å². The summed E-state index contributed by atoms with van der Waals surface area (Å²) >= 11 is 3.21. The van der Waals surface area contributed by atoms with Crippen LogP contribution in [0, 0.1) is 0 Å². The molecule has 3 rings (SSSR count). The summed E-state index contributed by atoms with van der Waals surface area (Å²) in [4.78, 5) is 30.4. The molecule has 1 fully saturated rings. The molecule has 0 spiro atoms. The highest BCUT2D eigenvalue weighted by atomic mass is 32.1. The Morgan fingerprint density at radius 3 is 1.68 bits per heavy atom. The lowest BCUT2D eigenvalue weighted by Gasteiger charge is -2.20. The number of hydrogen-bond acceptors (Lipinski definition) is 4. The summed E-state index contributed by atoms with van der Waals surface area (Å²) < 4.78 is 0. The topological polar surface area (TPSA) is 40.6 Å². The zero-order valence-electron chi connectivity index (χ0n) is 13.8. The van der Waals surface area contributed by atoms with E-state index in [9.17, 15) is 9.59 Å². The van der Waals surface area contributed by atoms with Crippen molar-refractivity contribution < 1.29 is 9.59 Å². The summed E-state index contributed by atoms with van der Waals surface area (Å²) in [5.74, 6) is 0.0219. The van der Waals surface area contributed by atoms with E-state index in [4.69, 9.17) is 0 Å². The van der Waals surface area contributed by atoms with Gasteiger partial charge < -0.3 is 9.80 Å². The van der Waals surface area contributed by atoms with Crippen LogP contribution in [-0.4, -0.2) is 47.8 Å². The summed E-state index contributed by atoms with van der Waals surface area (Å²) in [5.41, 5.74) is 0. The Morgan fingerprint density at radius 2 is 1.28 bits per heavy atom. The number of carbonyl (C=O) groups excluding carboxylic acids is 2. The minimum Gasteiger partial charge on any atom is -0.337 e. The molecular formula is C19H20N2O2S2. The van der Waals surface area contributed by atoms with Crippen LogP contribution in [0.25, 0.3) is 12.2 Å². The summed E-state index contributed by atoms with van der Waals surface area (Å²) in [6.07, 6.45) is 7.76. The largest absolute Gasteiger partial charge is 0.337 e. The molecule has 1 saturated heterocycles. The van der Waals surface area contributed by atoms with Crippen LogP contribution in [0.3, 0.4) is 0 Å². The lowest BCUT2D eigenvalue weighted by atomic mass is 10.3. The van der Waals surface area contributed by atoms with Gasteiger partial charge in [-0.15, -0.1) is 22.7 Å². The van der Waals surface area contributed by atoms with Crippen molar-refractivity contribution in [3.8, 4) is 0 Å². The highest BCUT2D eigenvalue weighted by Gasteiger charge is 2.19. The van der Waals surface area contributed by atoms with Crippen LogP contribution in [0.5, 0.6) is 0 Å². The third-order valence-corrected chi connectivity index (χ3v) is 5.66. The third-order valence-electron chi connectivity index (χ3n) is 3.99. The molecule has 1 aliphatic rings. The fourth-order valence-corrected chi connectivity index (χ4v) is 3.88. The van der Waals surface area contributed by atoms with Gasteiger partial charge in [0.05, 0.1) is 0 Å². The first kappa shape index (κ1) is 17.6. The monoisotopic (exact) mass is 372 g/mol. The molecular weight excluding hydrogens is 352 g/mol. The van der Waals surface area contributed by atoms with E-state index in [0.717, 1.165) is 16.2 Å². The van der Waals surface area contributed by atoms with Gasteiger partial charge in [0.15, 0.2) is 0 Å². The molecule has 130 valence electrons. The SMILES string of the molecule is O=C(/C=C\c1cccs1)N1CCCN(C(=O)/C=C/c2cccs2)CC1. The van der Waals surface area contributed by atoms with Crippen molar-refractivity contribution in [2.45, 2.75) is 6.42 Å². The molecule has 0 aliphatic carbocycles. The van der Waals surface area contributed by atoms with E-state index in [1.54, 1.807) is 34.8 Å². The lowest BCUT2D eigenvalue weighted by Crippen LogP contribution is -2.36. The van der Waals surface area contributed by atoms with Crippen LogP contribution >= 0.6 is 22.7 Å². The van der Waals surface area contributed by atoms with Crippen molar-refractivity contribution in [3.63, 3.8) is 0 Å². The Kier molecular flexibility index (Phi) is 6.19. The molecule has 0 atom stereocenters. The first-order chi connectivity index (χ1) is 12.2. The fraction of sp³-hybridized carbons (Fsp3) is 0.263. The molecule has 2 aromatic rings. The van der Waals surface area contributed by atoms with Crippen LogP contribution in [0.1, 0.15) is 16.2 Å². The standard InChI is InChI=1S/C19H20N2O2S2/c22-18(8-6-16-4-1-14-24-16)20-10-3-11-21(13-12-20)19(23)9-7-17-5-2-15-25-17/h1-2,4-9,14-15H,3,10-13H2/b8-6-,9-7+. The minimum absolute atomic E-state index is 0.0110. The maximum atomic E-state index is 12.3. The maximum Gasteiger partial charge on any atom is 0.246 e. The second-order valence-electron chi connectivity index (χ2n) is 5.70. The Morgan fingerprint density at radius 1 is 0.800 bits per heavy atom. The van der Waals surface area contributed by atoms with Gasteiger partial charge in [0.1, 0.15) is 0 Å². The van der Waals surface area contributed by atoms with E-state index >= 15 is 0 Å². The molecule has 0 radical (unpaired) electrons. The number of carbonyl (C=O) groups is 2. The first-order valence-corrected chi connectivity index (χ1v) is 9.99. The third kappa shape index (κ3) is 5.14. The van der Waals surface area contributed by atoms with Gasteiger partial charge in [-0.25, -0.2) is 0 Å². The smallest absolute Gasteiger partial charge is 0.246 e. The van der Waals surface area contributed by atoms with E-state index in [2.05, 4.69) is 0 Å². The normalized spacial score (nSPS) is 15.8. The van der Waals surface area contributed by atoms with E-state index < -0.39 is 0 Å². The maximum absolute atomic E-state index is 12.3. The van der Waals surface area contributed by atoms with Gasteiger partial charge in [0.2, 0.25) is 11.8 Å². The average molecular weight is 373 g/mol. The Labute approximate surface area is 155 Å². The highest BCUT2D eigenvalue weighted by molar-refractivity contribution is 7.11. The Bertz CT molecular complexity index is 684. The number of thiophene rings is 2. The molecule has 3 heterocycles. The van der Waals surface area contributed by atoms with Crippen molar-refractivity contribution in [1.29, 1.82) is 0 Å². The molecule has 4 nitrogen and oxygen atoms in total. The molecule has 2 amide bonds. The predicted octanol–water partition coefficient (Wildman–Crippen LogP) is 3.60. The zero-order chi connectivity index (χ0) is 17.5. The molecule has 0 saturated carbocycles. The van der Waals surface area contributed by atoms with Gasteiger partial charge in [0, 0.05) is 48.1 Å². The Balaban J connectivity index is 1.53. The molecule has 0 N–H and O–H groups in total. The second kappa shape index (κ2) is 8.78. The number of hydrogen-bond donors (Lipinski definition) is 0. The van der Waals surface area contributed by atoms with Crippen molar-refractivity contribution in [1.82, 2.24) is 9.80 Å². The number of nitrogens with zero attached hydrogens (tertiary/aromatic N) is 2. The van der Waals surface area contributed by atoms with E-state index in [0.29, 0.717) is 26.2 Å². The molecule has 0 unspecified atom stereocenters. The van der Waals surface area contributed by atoms with Gasteiger partial charge in [0.25, 0.3) is 0 Å². The number of amides is 2. The molecule has 2 aromatic heterocycles.